The average Bonchev–Trinajstić information content (AvgIpc) is 2.28. The Hall–Kier alpha value is -1.40. The predicted molar refractivity (Wildman–Crippen MR) is 63.2 cm³/mol. The van der Waals surface area contributed by atoms with Crippen molar-refractivity contribution in [3.8, 4) is 5.75 Å². The molecule has 1 aromatic carbocycles. The number of phenols is 1. The summed E-state index contributed by atoms with van der Waals surface area (Å²) < 4.78 is 28.0. The third-order valence-electron chi connectivity index (χ3n) is 1.94. The van der Waals surface area contributed by atoms with Gasteiger partial charge in [-0.25, -0.2) is 8.78 Å². The van der Waals surface area contributed by atoms with Gasteiger partial charge in [-0.1, -0.05) is 11.6 Å². The fourth-order valence-corrected chi connectivity index (χ4v) is 1.38. The van der Waals surface area contributed by atoms with Crippen LogP contribution in [0.25, 0.3) is 0 Å². The highest BCUT2D eigenvalue weighted by Crippen LogP contribution is 2.25. The monoisotopic (exact) mass is 279 g/mol. The second kappa shape index (κ2) is 7.13. The van der Waals surface area contributed by atoms with Gasteiger partial charge in [0.25, 0.3) is 6.43 Å². The molecule has 18 heavy (non-hydrogen) atoms. The van der Waals surface area contributed by atoms with Gasteiger partial charge in [-0.3, -0.25) is 4.79 Å². The average molecular weight is 280 g/mol. The van der Waals surface area contributed by atoms with Gasteiger partial charge in [0.1, 0.15) is 12.4 Å². The van der Waals surface area contributed by atoms with Crippen LogP contribution in [0.4, 0.5) is 14.5 Å². The van der Waals surface area contributed by atoms with Gasteiger partial charge in [0.15, 0.2) is 0 Å². The van der Waals surface area contributed by atoms with Gasteiger partial charge >= 0.3 is 0 Å². The number of nitrogens with one attached hydrogen (secondary N) is 1. The maximum absolute atomic E-state index is 11.7. The summed E-state index contributed by atoms with van der Waals surface area (Å²) in [4.78, 5) is 11.4. The number of anilines is 1. The van der Waals surface area contributed by atoms with E-state index in [1.807, 2.05) is 0 Å². The van der Waals surface area contributed by atoms with Crippen LogP contribution >= 0.6 is 11.6 Å². The molecule has 0 bridgehead atoms. The molecule has 0 atom stereocenters. The van der Waals surface area contributed by atoms with E-state index in [1.54, 1.807) is 0 Å². The zero-order valence-corrected chi connectivity index (χ0v) is 10.1. The van der Waals surface area contributed by atoms with Crippen LogP contribution in [0.3, 0.4) is 0 Å². The molecule has 1 rings (SSSR count). The fraction of sp³-hybridized carbons (Fsp3) is 0.364. The minimum atomic E-state index is -2.54. The molecule has 0 aromatic heterocycles. The maximum Gasteiger partial charge on any atom is 0.261 e. The Labute approximate surface area is 108 Å². The summed E-state index contributed by atoms with van der Waals surface area (Å²) in [7, 11) is 0. The van der Waals surface area contributed by atoms with Crippen molar-refractivity contribution < 1.29 is 23.4 Å². The second-order valence-corrected chi connectivity index (χ2v) is 3.84. The number of phenolic OH excluding ortho intramolecular Hbond substituents is 1. The molecular weight excluding hydrogens is 268 g/mol. The Bertz CT molecular complexity index is 415. The van der Waals surface area contributed by atoms with E-state index in [2.05, 4.69) is 10.1 Å². The van der Waals surface area contributed by atoms with Crippen molar-refractivity contribution in [3.05, 3.63) is 23.2 Å². The van der Waals surface area contributed by atoms with E-state index in [0.29, 0.717) is 5.69 Å². The van der Waals surface area contributed by atoms with Crippen LogP contribution in [0.5, 0.6) is 5.75 Å². The number of rotatable bonds is 6. The van der Waals surface area contributed by atoms with Crippen molar-refractivity contribution in [1.82, 2.24) is 0 Å². The van der Waals surface area contributed by atoms with Crippen molar-refractivity contribution in [3.63, 3.8) is 0 Å². The molecule has 0 spiro atoms. The van der Waals surface area contributed by atoms with Crippen LogP contribution in [-0.2, 0) is 9.53 Å². The molecule has 2 N–H and O–H groups in total. The highest BCUT2D eigenvalue weighted by molar-refractivity contribution is 6.33. The molecule has 4 nitrogen and oxygen atoms in total. The van der Waals surface area contributed by atoms with Crippen LogP contribution in [0, 0.1) is 0 Å². The number of benzene rings is 1. The van der Waals surface area contributed by atoms with Gasteiger partial charge in [-0.2, -0.15) is 0 Å². The number of hydrogen-bond donors (Lipinski definition) is 2. The first-order chi connectivity index (χ1) is 8.49. The Morgan fingerprint density at radius 2 is 2.22 bits per heavy atom. The van der Waals surface area contributed by atoms with Crippen LogP contribution < -0.4 is 5.32 Å². The fourth-order valence-electron chi connectivity index (χ4n) is 1.16. The van der Waals surface area contributed by atoms with Gasteiger partial charge in [0.05, 0.1) is 23.7 Å². The van der Waals surface area contributed by atoms with Crippen molar-refractivity contribution in [2.75, 3.05) is 18.5 Å². The van der Waals surface area contributed by atoms with Crippen molar-refractivity contribution in [2.45, 2.75) is 12.8 Å². The number of halogens is 3. The van der Waals surface area contributed by atoms with E-state index in [0.717, 1.165) is 0 Å². The SMILES string of the molecule is O=C(CCOCC(F)F)Nc1ccc(O)cc1Cl. The largest absolute Gasteiger partial charge is 0.508 e. The Morgan fingerprint density at radius 1 is 1.50 bits per heavy atom. The topological polar surface area (TPSA) is 58.6 Å². The van der Waals surface area contributed by atoms with Gasteiger partial charge < -0.3 is 15.2 Å². The number of aromatic hydroxyl groups is 1. The first-order valence-electron chi connectivity index (χ1n) is 5.13. The van der Waals surface area contributed by atoms with Crippen LogP contribution in [0.1, 0.15) is 6.42 Å². The lowest BCUT2D eigenvalue weighted by Crippen LogP contribution is -2.15. The van der Waals surface area contributed by atoms with E-state index >= 15 is 0 Å². The Balaban J connectivity index is 2.35. The molecule has 1 amide bonds. The first kappa shape index (κ1) is 14.7. The predicted octanol–water partition coefficient (Wildman–Crippen LogP) is 2.66. The number of carbonyl (C=O) groups is 1. The van der Waals surface area contributed by atoms with E-state index in [-0.39, 0.29) is 23.8 Å². The third kappa shape index (κ3) is 5.29. The molecule has 0 unspecified atom stereocenters. The Kier molecular flexibility index (Phi) is 5.80. The number of hydrogen-bond acceptors (Lipinski definition) is 3. The summed E-state index contributed by atoms with van der Waals surface area (Å²) in [6, 6.07) is 4.09. The molecule has 0 aliphatic carbocycles. The lowest BCUT2D eigenvalue weighted by Gasteiger charge is -2.07. The molecule has 0 saturated carbocycles. The quantitative estimate of drug-likeness (QED) is 0.622. The van der Waals surface area contributed by atoms with E-state index < -0.39 is 18.9 Å². The minimum Gasteiger partial charge on any atom is -0.508 e. The summed E-state index contributed by atoms with van der Waals surface area (Å²) in [6.45, 7) is -0.779. The summed E-state index contributed by atoms with van der Waals surface area (Å²) in [5, 5.41) is 11.8. The van der Waals surface area contributed by atoms with Crippen LogP contribution in [0.15, 0.2) is 18.2 Å². The number of carbonyl (C=O) groups excluding carboxylic acids is 1. The van der Waals surface area contributed by atoms with Gasteiger partial charge in [0.2, 0.25) is 5.91 Å². The Morgan fingerprint density at radius 3 is 2.83 bits per heavy atom. The maximum atomic E-state index is 11.7. The zero-order valence-electron chi connectivity index (χ0n) is 9.33. The van der Waals surface area contributed by atoms with Gasteiger partial charge in [0, 0.05) is 6.07 Å². The molecule has 7 heteroatoms. The van der Waals surface area contributed by atoms with E-state index in [4.69, 9.17) is 16.7 Å². The molecular formula is C11H12ClF2NO3. The van der Waals surface area contributed by atoms with Crippen molar-refractivity contribution >= 4 is 23.2 Å². The molecule has 100 valence electrons. The van der Waals surface area contributed by atoms with Crippen molar-refractivity contribution in [2.24, 2.45) is 0 Å². The summed E-state index contributed by atoms with van der Waals surface area (Å²) in [5.74, 6) is -0.421. The molecule has 0 radical (unpaired) electrons. The highest BCUT2D eigenvalue weighted by Gasteiger charge is 2.07. The number of alkyl halides is 2. The summed E-state index contributed by atoms with van der Waals surface area (Å²) in [5.41, 5.74) is 0.341. The van der Waals surface area contributed by atoms with Gasteiger partial charge in [-0.15, -0.1) is 0 Å². The smallest absolute Gasteiger partial charge is 0.261 e. The number of ether oxygens (including phenoxy) is 1. The molecule has 0 heterocycles. The van der Waals surface area contributed by atoms with Crippen molar-refractivity contribution in [1.29, 1.82) is 0 Å². The molecule has 1 aromatic rings. The molecule has 0 saturated heterocycles. The van der Waals surface area contributed by atoms with Crippen LogP contribution in [-0.4, -0.2) is 30.7 Å². The lowest BCUT2D eigenvalue weighted by atomic mass is 10.3. The van der Waals surface area contributed by atoms with E-state index in [1.165, 1.54) is 18.2 Å². The standard InChI is InChI=1S/C11H12ClF2NO3/c12-8-5-7(16)1-2-9(8)15-11(17)3-4-18-6-10(13)14/h1-2,5,10,16H,3-4,6H2,(H,15,17). The molecule has 0 fully saturated rings. The molecule has 0 aliphatic heterocycles. The normalized spacial score (nSPS) is 10.7. The summed E-state index contributed by atoms with van der Waals surface area (Å²) >= 11 is 5.77. The highest BCUT2D eigenvalue weighted by atomic mass is 35.5. The first-order valence-corrected chi connectivity index (χ1v) is 5.51. The molecule has 0 aliphatic rings. The lowest BCUT2D eigenvalue weighted by molar-refractivity contribution is -0.117. The van der Waals surface area contributed by atoms with E-state index in [9.17, 15) is 13.6 Å². The van der Waals surface area contributed by atoms with Gasteiger partial charge in [-0.05, 0) is 12.1 Å². The second-order valence-electron chi connectivity index (χ2n) is 3.43. The zero-order chi connectivity index (χ0) is 13.5. The number of amides is 1. The minimum absolute atomic E-state index is 0.0155. The summed E-state index contributed by atoms with van der Waals surface area (Å²) in [6.07, 6.45) is -2.59. The third-order valence-corrected chi connectivity index (χ3v) is 2.26. The van der Waals surface area contributed by atoms with Crippen LogP contribution in [0.2, 0.25) is 5.02 Å².